The number of hydrogen-bond acceptors (Lipinski definition) is 7. The van der Waals surface area contributed by atoms with Crippen LogP contribution in [0.25, 0.3) is 0 Å². The van der Waals surface area contributed by atoms with Gasteiger partial charge in [-0.1, -0.05) is 36.4 Å². The highest BCUT2D eigenvalue weighted by molar-refractivity contribution is 7.88. The largest absolute Gasteiger partial charge is 0.483 e. The third-order valence-corrected chi connectivity index (χ3v) is 11.9. The molecule has 2 bridgehead atoms. The number of hydrogen-bond donors (Lipinski definition) is 1. The van der Waals surface area contributed by atoms with Gasteiger partial charge in [0.25, 0.3) is 0 Å². The maximum Gasteiger partial charge on any atom is 0.308 e. The number of carbonyl (C=O) groups excluding carboxylic acids is 1. The summed E-state index contributed by atoms with van der Waals surface area (Å²) in [5.41, 5.74) is 0.939. The number of ether oxygens (including phenoxy) is 2. The number of sulfonamides is 1. The fourth-order valence-corrected chi connectivity index (χ4v) is 9.59. The molecule has 5 atom stereocenters. The van der Waals surface area contributed by atoms with Crippen LogP contribution in [0.5, 0.6) is 11.5 Å². The Labute approximate surface area is 229 Å². The number of rotatable bonds is 7. The smallest absolute Gasteiger partial charge is 0.308 e. The first kappa shape index (κ1) is 25.5. The molecule has 208 valence electrons. The maximum absolute atomic E-state index is 13.7. The summed E-state index contributed by atoms with van der Waals surface area (Å²) in [5, 5.41) is 12.7. The number of benzene rings is 2. The van der Waals surface area contributed by atoms with Gasteiger partial charge in [0, 0.05) is 32.1 Å². The first-order valence-corrected chi connectivity index (χ1v) is 15.7. The Morgan fingerprint density at radius 2 is 1.92 bits per heavy atom. The second kappa shape index (κ2) is 8.77. The molecule has 3 aliphatic carbocycles. The van der Waals surface area contributed by atoms with Crippen LogP contribution in [0.3, 0.4) is 0 Å². The lowest BCUT2D eigenvalue weighted by Gasteiger charge is -2.64. The number of piperidine rings is 1. The molecule has 9 heteroatoms. The Kier molecular flexibility index (Phi) is 5.73. The molecule has 2 aromatic rings. The molecule has 8 nitrogen and oxygen atoms in total. The molecule has 2 heterocycles. The molecule has 0 radical (unpaired) electrons. The molecule has 0 amide bonds. The van der Waals surface area contributed by atoms with Gasteiger partial charge in [-0.3, -0.25) is 9.69 Å². The minimum atomic E-state index is -3.67. The van der Waals surface area contributed by atoms with Crippen LogP contribution in [-0.4, -0.2) is 72.6 Å². The molecule has 5 aliphatic rings. The lowest BCUT2D eigenvalue weighted by Crippen LogP contribution is -2.78. The van der Waals surface area contributed by atoms with Crippen molar-refractivity contribution in [2.75, 3.05) is 20.1 Å². The molecule has 2 aliphatic heterocycles. The van der Waals surface area contributed by atoms with E-state index in [9.17, 15) is 18.3 Å². The van der Waals surface area contributed by atoms with E-state index in [1.165, 1.54) is 24.1 Å². The minimum absolute atomic E-state index is 0.0526. The SMILES string of the molecule is CC(=O)Oc1ccc2c3c1OC1C(N(C)S(=O)(=O)Cc4ccccc4)CC[C@@]4(O)[C@@H](C2)N(CC2CC2)CC[C@]314. The van der Waals surface area contributed by atoms with Gasteiger partial charge < -0.3 is 14.6 Å². The number of aliphatic hydroxyl groups is 1. The topological polar surface area (TPSA) is 96.4 Å². The molecular formula is C30H36N2O6S. The predicted molar refractivity (Wildman–Crippen MR) is 145 cm³/mol. The summed E-state index contributed by atoms with van der Waals surface area (Å²) in [7, 11) is -2.02. The summed E-state index contributed by atoms with van der Waals surface area (Å²) >= 11 is 0. The number of esters is 1. The van der Waals surface area contributed by atoms with E-state index < -0.39 is 39.2 Å². The average molecular weight is 553 g/mol. The maximum atomic E-state index is 13.7. The molecule has 1 saturated heterocycles. The van der Waals surface area contributed by atoms with E-state index in [0.29, 0.717) is 43.1 Å². The molecule has 0 aromatic heterocycles. The molecule has 1 N–H and O–H groups in total. The molecular weight excluding hydrogens is 516 g/mol. The van der Waals surface area contributed by atoms with Crippen molar-refractivity contribution < 1.29 is 27.8 Å². The van der Waals surface area contributed by atoms with E-state index in [-0.39, 0.29) is 11.8 Å². The van der Waals surface area contributed by atoms with Gasteiger partial charge in [0.05, 0.1) is 22.8 Å². The summed E-state index contributed by atoms with van der Waals surface area (Å²) < 4.78 is 41.2. The van der Waals surface area contributed by atoms with Crippen LogP contribution in [0.2, 0.25) is 0 Å². The van der Waals surface area contributed by atoms with Gasteiger partial charge in [-0.15, -0.1) is 0 Å². The van der Waals surface area contributed by atoms with Crippen molar-refractivity contribution in [3.05, 3.63) is 59.2 Å². The van der Waals surface area contributed by atoms with Crippen molar-refractivity contribution in [2.45, 2.75) is 80.4 Å². The molecule has 2 unspecified atom stereocenters. The van der Waals surface area contributed by atoms with Gasteiger partial charge in [-0.25, -0.2) is 8.42 Å². The lowest BCUT2D eigenvalue weighted by atomic mass is 9.48. The Balaban J connectivity index is 1.32. The summed E-state index contributed by atoms with van der Waals surface area (Å²) in [6.07, 6.45) is 4.27. The van der Waals surface area contributed by atoms with Crippen molar-refractivity contribution in [1.29, 1.82) is 0 Å². The first-order chi connectivity index (χ1) is 18.6. The van der Waals surface area contributed by atoms with Crippen LogP contribution in [-0.2, 0) is 32.4 Å². The minimum Gasteiger partial charge on any atom is -0.483 e. The van der Waals surface area contributed by atoms with Crippen LogP contribution < -0.4 is 9.47 Å². The van der Waals surface area contributed by atoms with E-state index in [2.05, 4.69) is 4.90 Å². The van der Waals surface area contributed by atoms with E-state index in [1.54, 1.807) is 13.1 Å². The van der Waals surface area contributed by atoms with Gasteiger partial charge in [-0.2, -0.15) is 4.31 Å². The van der Waals surface area contributed by atoms with Gasteiger partial charge in [0.1, 0.15) is 6.10 Å². The third kappa shape index (κ3) is 3.73. The van der Waals surface area contributed by atoms with Crippen LogP contribution in [0, 0.1) is 5.92 Å². The van der Waals surface area contributed by atoms with Crippen molar-refractivity contribution in [2.24, 2.45) is 5.92 Å². The Bertz CT molecular complexity index is 1430. The van der Waals surface area contributed by atoms with Crippen LogP contribution in [0.15, 0.2) is 42.5 Å². The zero-order valence-corrected chi connectivity index (χ0v) is 23.3. The second-order valence-electron chi connectivity index (χ2n) is 12.2. The Morgan fingerprint density at radius 3 is 2.64 bits per heavy atom. The molecule has 39 heavy (non-hydrogen) atoms. The van der Waals surface area contributed by atoms with Gasteiger partial charge >= 0.3 is 5.97 Å². The molecule has 1 spiro atoms. The third-order valence-electron chi connectivity index (χ3n) is 10.1. The van der Waals surface area contributed by atoms with Crippen molar-refractivity contribution in [3.8, 4) is 11.5 Å². The summed E-state index contributed by atoms with van der Waals surface area (Å²) in [5.74, 6) is 1.01. The molecule has 3 fully saturated rings. The van der Waals surface area contributed by atoms with E-state index in [1.807, 2.05) is 36.4 Å². The zero-order chi connectivity index (χ0) is 27.2. The highest BCUT2D eigenvalue weighted by Crippen LogP contribution is 2.66. The zero-order valence-electron chi connectivity index (χ0n) is 22.5. The monoisotopic (exact) mass is 552 g/mol. The first-order valence-electron chi connectivity index (χ1n) is 14.1. The van der Waals surface area contributed by atoms with Crippen LogP contribution in [0.1, 0.15) is 55.7 Å². The van der Waals surface area contributed by atoms with Crippen molar-refractivity contribution in [3.63, 3.8) is 0 Å². The number of carbonyl (C=O) groups is 1. The molecule has 7 rings (SSSR count). The van der Waals surface area contributed by atoms with E-state index in [4.69, 9.17) is 9.47 Å². The fourth-order valence-electron chi connectivity index (χ4n) is 8.15. The van der Waals surface area contributed by atoms with Crippen LogP contribution >= 0.6 is 0 Å². The normalized spacial score (nSPS) is 33.0. The predicted octanol–water partition coefficient (Wildman–Crippen LogP) is 3.01. The Morgan fingerprint density at radius 1 is 1.15 bits per heavy atom. The van der Waals surface area contributed by atoms with Crippen molar-refractivity contribution >= 4 is 16.0 Å². The van der Waals surface area contributed by atoms with Gasteiger partial charge in [0.2, 0.25) is 10.0 Å². The number of likely N-dealkylation sites (tertiary alicyclic amines) is 1. The van der Waals surface area contributed by atoms with E-state index in [0.717, 1.165) is 29.8 Å². The standard InChI is InChI=1S/C30H36N2O6S/c1-19(33)37-24-11-10-22-16-25-30(34)13-12-23(31(2)39(35,36)18-21-6-4-3-5-7-21)28-29(30,26(22)27(24)38-28)14-15-32(25)17-20-8-9-20/h3-7,10-11,20,23,25,28,34H,8-9,12-18H2,1-2H3/t23?,25-,28?,29+,30-/m1/s1. The Hall–Kier alpha value is -2.46. The summed E-state index contributed by atoms with van der Waals surface area (Å²) in [6, 6.07) is 12.5. The summed E-state index contributed by atoms with van der Waals surface area (Å²) in [6.45, 7) is 3.19. The van der Waals surface area contributed by atoms with Crippen molar-refractivity contribution in [1.82, 2.24) is 9.21 Å². The summed E-state index contributed by atoms with van der Waals surface area (Å²) in [4.78, 5) is 14.5. The quantitative estimate of drug-likeness (QED) is 0.417. The molecule has 2 aromatic carbocycles. The van der Waals surface area contributed by atoms with Gasteiger partial charge in [0.15, 0.2) is 11.5 Å². The highest BCUT2D eigenvalue weighted by Gasteiger charge is 2.73. The average Bonchev–Trinajstić information content (AvgIpc) is 3.64. The second-order valence-corrected chi connectivity index (χ2v) is 14.3. The van der Waals surface area contributed by atoms with Crippen LogP contribution in [0.4, 0.5) is 0 Å². The highest BCUT2D eigenvalue weighted by atomic mass is 32.2. The van der Waals surface area contributed by atoms with Gasteiger partial charge in [-0.05, 0) is 68.2 Å². The number of likely N-dealkylation sites (N-methyl/N-ethyl adjacent to an activating group) is 1. The lowest BCUT2D eigenvalue weighted by molar-refractivity contribution is -0.195. The fraction of sp³-hybridized carbons (Fsp3) is 0.567. The number of nitrogens with zero attached hydrogens (tertiary/aromatic N) is 2. The molecule has 2 saturated carbocycles. The van der Waals surface area contributed by atoms with E-state index >= 15 is 0 Å².